The van der Waals surface area contributed by atoms with Gasteiger partial charge >= 0.3 is 0 Å². The van der Waals surface area contributed by atoms with Crippen molar-refractivity contribution in [1.29, 1.82) is 0 Å². The summed E-state index contributed by atoms with van der Waals surface area (Å²) in [6.45, 7) is 0. The number of nitrogens with one attached hydrogen (secondary N) is 1. The van der Waals surface area contributed by atoms with Crippen LogP contribution in [-0.2, 0) is 0 Å². The van der Waals surface area contributed by atoms with E-state index in [0.717, 1.165) is 3.57 Å². The first-order chi connectivity index (χ1) is 8.56. The molecule has 92 valence electrons. The van der Waals surface area contributed by atoms with Gasteiger partial charge in [0.25, 0.3) is 5.91 Å². The summed E-state index contributed by atoms with van der Waals surface area (Å²) in [6, 6.07) is 11.0. The van der Waals surface area contributed by atoms with Gasteiger partial charge in [0, 0.05) is 14.2 Å². The SMILES string of the molecule is O=C(Nc1ccc(I)cc1F)c1ccc(Cl)cc1. The minimum atomic E-state index is -0.454. The van der Waals surface area contributed by atoms with Crippen LogP contribution in [0.1, 0.15) is 10.4 Å². The molecule has 0 atom stereocenters. The lowest BCUT2D eigenvalue weighted by Crippen LogP contribution is -2.12. The molecule has 2 rings (SSSR count). The highest BCUT2D eigenvalue weighted by Gasteiger charge is 2.09. The molecular formula is C13H8ClFINO. The van der Waals surface area contributed by atoms with E-state index >= 15 is 0 Å². The second-order valence-electron chi connectivity index (χ2n) is 3.59. The monoisotopic (exact) mass is 375 g/mol. The number of carbonyl (C=O) groups excluding carboxylic acids is 1. The molecule has 18 heavy (non-hydrogen) atoms. The lowest BCUT2D eigenvalue weighted by atomic mass is 10.2. The normalized spacial score (nSPS) is 10.2. The van der Waals surface area contributed by atoms with E-state index in [0.29, 0.717) is 10.6 Å². The van der Waals surface area contributed by atoms with Crippen LogP contribution >= 0.6 is 34.2 Å². The van der Waals surface area contributed by atoms with Gasteiger partial charge in [-0.2, -0.15) is 0 Å². The number of amides is 1. The number of hydrogen-bond acceptors (Lipinski definition) is 1. The molecule has 0 saturated heterocycles. The molecule has 2 aromatic carbocycles. The predicted octanol–water partition coefficient (Wildman–Crippen LogP) is 4.34. The van der Waals surface area contributed by atoms with Crippen LogP contribution in [0.15, 0.2) is 42.5 Å². The summed E-state index contributed by atoms with van der Waals surface area (Å²) in [4.78, 5) is 11.8. The van der Waals surface area contributed by atoms with Gasteiger partial charge in [0.1, 0.15) is 5.82 Å². The van der Waals surface area contributed by atoms with Gasteiger partial charge in [-0.05, 0) is 65.1 Å². The van der Waals surface area contributed by atoms with E-state index in [-0.39, 0.29) is 11.6 Å². The van der Waals surface area contributed by atoms with Gasteiger partial charge in [-0.25, -0.2) is 4.39 Å². The molecule has 2 aromatic rings. The first-order valence-electron chi connectivity index (χ1n) is 5.08. The number of carbonyl (C=O) groups is 1. The molecule has 1 amide bonds. The lowest BCUT2D eigenvalue weighted by molar-refractivity contribution is 0.102. The summed E-state index contributed by atoms with van der Waals surface area (Å²) in [5.74, 6) is -0.823. The van der Waals surface area contributed by atoms with Crippen molar-refractivity contribution in [1.82, 2.24) is 0 Å². The van der Waals surface area contributed by atoms with Crippen molar-refractivity contribution in [2.45, 2.75) is 0 Å². The van der Waals surface area contributed by atoms with Gasteiger partial charge in [-0.15, -0.1) is 0 Å². The molecule has 0 spiro atoms. The summed E-state index contributed by atoms with van der Waals surface area (Å²) < 4.78 is 14.3. The summed E-state index contributed by atoms with van der Waals surface area (Å²) in [7, 11) is 0. The second kappa shape index (κ2) is 5.67. The van der Waals surface area contributed by atoms with Crippen molar-refractivity contribution < 1.29 is 9.18 Å². The van der Waals surface area contributed by atoms with Crippen molar-refractivity contribution in [3.63, 3.8) is 0 Å². The summed E-state index contributed by atoms with van der Waals surface area (Å²) >= 11 is 7.73. The van der Waals surface area contributed by atoms with Crippen LogP contribution in [0.2, 0.25) is 5.02 Å². The Bertz CT molecular complexity index is 586. The zero-order valence-corrected chi connectivity index (χ0v) is 12.0. The van der Waals surface area contributed by atoms with E-state index < -0.39 is 5.82 Å². The van der Waals surface area contributed by atoms with Crippen molar-refractivity contribution >= 4 is 45.8 Å². The first kappa shape index (κ1) is 13.3. The number of halogens is 3. The van der Waals surface area contributed by atoms with Crippen LogP contribution < -0.4 is 5.32 Å². The average Bonchev–Trinajstić information content (AvgIpc) is 2.33. The summed E-state index contributed by atoms with van der Waals surface area (Å²) in [5.41, 5.74) is 0.590. The fourth-order valence-electron chi connectivity index (χ4n) is 1.39. The van der Waals surface area contributed by atoms with Crippen molar-refractivity contribution in [3.8, 4) is 0 Å². The number of rotatable bonds is 2. The molecule has 0 unspecified atom stereocenters. The van der Waals surface area contributed by atoms with Crippen LogP contribution in [0.5, 0.6) is 0 Å². The molecule has 0 radical (unpaired) electrons. The Labute approximate surface area is 122 Å². The molecule has 0 aliphatic rings. The Balaban J connectivity index is 2.18. The van der Waals surface area contributed by atoms with Crippen molar-refractivity contribution in [2.75, 3.05) is 5.32 Å². The minimum Gasteiger partial charge on any atom is -0.319 e. The highest BCUT2D eigenvalue weighted by Crippen LogP contribution is 2.18. The average molecular weight is 376 g/mol. The van der Waals surface area contributed by atoms with Gasteiger partial charge in [0.15, 0.2) is 0 Å². The third-order valence-electron chi connectivity index (χ3n) is 2.29. The maximum absolute atomic E-state index is 13.6. The fourth-order valence-corrected chi connectivity index (χ4v) is 1.97. The van der Waals surface area contributed by atoms with Gasteiger partial charge < -0.3 is 5.32 Å². The Morgan fingerprint density at radius 1 is 1.17 bits per heavy atom. The molecule has 5 heteroatoms. The quantitative estimate of drug-likeness (QED) is 0.778. The van der Waals surface area contributed by atoms with Gasteiger partial charge in [0.05, 0.1) is 5.69 Å². The zero-order chi connectivity index (χ0) is 13.1. The molecule has 0 fully saturated rings. The first-order valence-corrected chi connectivity index (χ1v) is 6.54. The molecule has 0 bridgehead atoms. The largest absolute Gasteiger partial charge is 0.319 e. The molecular weight excluding hydrogens is 368 g/mol. The molecule has 0 saturated carbocycles. The predicted molar refractivity (Wildman–Crippen MR) is 78.5 cm³/mol. The molecule has 2 nitrogen and oxygen atoms in total. The smallest absolute Gasteiger partial charge is 0.255 e. The highest BCUT2D eigenvalue weighted by molar-refractivity contribution is 14.1. The Morgan fingerprint density at radius 3 is 2.44 bits per heavy atom. The third kappa shape index (κ3) is 3.20. The summed E-state index contributed by atoms with van der Waals surface area (Å²) in [6.07, 6.45) is 0. The van der Waals surface area contributed by atoms with Crippen molar-refractivity contribution in [2.24, 2.45) is 0 Å². The Kier molecular flexibility index (Phi) is 4.19. The maximum Gasteiger partial charge on any atom is 0.255 e. The highest BCUT2D eigenvalue weighted by atomic mass is 127. The van der Waals surface area contributed by atoms with E-state index in [9.17, 15) is 9.18 Å². The number of benzene rings is 2. The van der Waals surface area contributed by atoms with E-state index in [1.165, 1.54) is 12.1 Å². The van der Waals surface area contributed by atoms with Gasteiger partial charge in [0.2, 0.25) is 0 Å². The van der Waals surface area contributed by atoms with Crippen LogP contribution in [0.3, 0.4) is 0 Å². The van der Waals surface area contributed by atoms with Crippen LogP contribution in [0.4, 0.5) is 10.1 Å². The minimum absolute atomic E-state index is 0.162. The van der Waals surface area contributed by atoms with E-state index in [1.807, 2.05) is 22.6 Å². The van der Waals surface area contributed by atoms with E-state index in [1.54, 1.807) is 30.3 Å². The zero-order valence-electron chi connectivity index (χ0n) is 9.08. The Hall–Kier alpha value is -1.14. The summed E-state index contributed by atoms with van der Waals surface area (Å²) in [5, 5.41) is 3.06. The van der Waals surface area contributed by atoms with Crippen LogP contribution in [0.25, 0.3) is 0 Å². The molecule has 1 N–H and O–H groups in total. The second-order valence-corrected chi connectivity index (χ2v) is 5.27. The number of anilines is 1. The van der Waals surface area contributed by atoms with Crippen LogP contribution in [0, 0.1) is 9.39 Å². The van der Waals surface area contributed by atoms with E-state index in [2.05, 4.69) is 5.32 Å². The van der Waals surface area contributed by atoms with Gasteiger partial charge in [-0.3, -0.25) is 4.79 Å². The topological polar surface area (TPSA) is 29.1 Å². The molecule has 0 aromatic heterocycles. The molecule has 0 aliphatic heterocycles. The lowest BCUT2D eigenvalue weighted by Gasteiger charge is -2.06. The molecule has 0 aliphatic carbocycles. The maximum atomic E-state index is 13.6. The fraction of sp³-hybridized carbons (Fsp3) is 0. The van der Waals surface area contributed by atoms with E-state index in [4.69, 9.17) is 11.6 Å². The van der Waals surface area contributed by atoms with Gasteiger partial charge in [-0.1, -0.05) is 11.6 Å². The number of hydrogen-bond donors (Lipinski definition) is 1. The molecule has 0 heterocycles. The Morgan fingerprint density at radius 2 is 1.83 bits per heavy atom. The standard InChI is InChI=1S/C13H8ClFINO/c14-9-3-1-8(2-4-9)13(18)17-12-6-5-10(16)7-11(12)15/h1-7H,(H,17,18). The van der Waals surface area contributed by atoms with Crippen LogP contribution in [-0.4, -0.2) is 5.91 Å². The van der Waals surface area contributed by atoms with Crippen molar-refractivity contribution in [3.05, 3.63) is 62.4 Å². The third-order valence-corrected chi connectivity index (χ3v) is 3.21.